The number of rotatable bonds is 5. The highest BCUT2D eigenvalue weighted by Gasteiger charge is 2.41. The number of carbonyl (C=O) groups is 1. The van der Waals surface area contributed by atoms with E-state index in [1.807, 2.05) is 59.5 Å². The van der Waals surface area contributed by atoms with Crippen LogP contribution in [-0.4, -0.2) is 26.6 Å². The maximum atomic E-state index is 14.1. The van der Waals surface area contributed by atoms with E-state index in [0.29, 0.717) is 27.4 Å². The number of para-hydroxylation sites is 2. The van der Waals surface area contributed by atoms with E-state index in [1.165, 1.54) is 18.2 Å². The number of hydrogen-bond acceptors (Lipinski definition) is 3. The molecule has 1 saturated heterocycles. The van der Waals surface area contributed by atoms with Crippen molar-refractivity contribution < 1.29 is 4.79 Å². The van der Waals surface area contributed by atoms with E-state index in [9.17, 15) is 4.79 Å². The lowest BCUT2D eigenvalue weighted by atomic mass is 9.85. The summed E-state index contributed by atoms with van der Waals surface area (Å²) in [7, 11) is 0. The first-order valence-electron chi connectivity index (χ1n) is 13.8. The van der Waals surface area contributed by atoms with Crippen LogP contribution >= 0.6 is 35.0 Å². The molecule has 0 N–H and O–H groups in total. The molecule has 0 spiro atoms. The lowest BCUT2D eigenvalue weighted by molar-refractivity contribution is -0.124. The number of carbonyl (C=O) groups excluding carboxylic acids is 1. The summed E-state index contributed by atoms with van der Waals surface area (Å²) in [6, 6.07) is 24.1. The molecule has 1 aliphatic heterocycles. The minimum Gasteiger partial charge on any atom is -0.340 e. The number of amides is 1. The molecule has 204 valence electrons. The van der Waals surface area contributed by atoms with Crippen LogP contribution in [0.5, 0.6) is 0 Å². The maximum Gasteiger partial charge on any atom is 0.267 e. The van der Waals surface area contributed by atoms with Crippen molar-refractivity contribution in [3.05, 3.63) is 105 Å². The van der Waals surface area contributed by atoms with Gasteiger partial charge in [0.1, 0.15) is 0 Å². The van der Waals surface area contributed by atoms with Gasteiger partial charge in [-0.2, -0.15) is 0 Å². The van der Waals surface area contributed by atoms with Crippen molar-refractivity contribution in [3.8, 4) is 0 Å². The highest BCUT2D eigenvalue weighted by Crippen LogP contribution is 2.41. The molecule has 2 heterocycles. The van der Waals surface area contributed by atoms with Crippen molar-refractivity contribution in [1.29, 1.82) is 0 Å². The number of halogens is 2. The zero-order valence-corrected chi connectivity index (χ0v) is 24.9. The molecule has 0 unspecified atom stereocenters. The van der Waals surface area contributed by atoms with Gasteiger partial charge >= 0.3 is 0 Å². The molecule has 4 aromatic rings. The van der Waals surface area contributed by atoms with Crippen LogP contribution in [0.15, 0.2) is 82.7 Å². The molecule has 0 bridgehead atoms. The largest absolute Gasteiger partial charge is 0.340 e. The second kappa shape index (κ2) is 11.5. The summed E-state index contributed by atoms with van der Waals surface area (Å²) in [6.45, 7) is 4.99. The van der Waals surface area contributed by atoms with Crippen molar-refractivity contribution in [1.82, 2.24) is 9.47 Å². The molecule has 3 aromatic carbocycles. The van der Waals surface area contributed by atoms with E-state index >= 15 is 0 Å². The standard InChI is InChI=1S/C33H31Cl2N3OS/c1-21-10-6-8-14-29(21)38-32(39)31(40-33(38)36-25-11-4-3-5-12-25)19-27-22(2)37(30-15-9-7-13-26(27)30)20-23-16-17-24(34)18-28(23)35/h3-5,7,9,11-13,15-19,21,29H,6,8,10,14,20H2,1-2H3/b31-19-,36-33?/t21-,29+/m1/s1. The Kier molecular flexibility index (Phi) is 7.80. The van der Waals surface area contributed by atoms with Crippen LogP contribution in [0, 0.1) is 12.8 Å². The van der Waals surface area contributed by atoms with E-state index < -0.39 is 0 Å². The lowest BCUT2D eigenvalue weighted by Gasteiger charge is -2.35. The first kappa shape index (κ1) is 27.2. The molecule has 2 fully saturated rings. The minimum absolute atomic E-state index is 0.0513. The third kappa shape index (κ3) is 5.23. The number of nitrogens with zero attached hydrogens (tertiary/aromatic N) is 3. The molecule has 4 nitrogen and oxygen atoms in total. The first-order valence-corrected chi connectivity index (χ1v) is 15.4. The number of fused-ring (bicyclic) bond motifs is 1. The Labute approximate surface area is 249 Å². The Hall–Kier alpha value is -2.99. The molecular formula is C33H31Cl2N3OS. The summed E-state index contributed by atoms with van der Waals surface area (Å²) in [6.07, 6.45) is 6.57. The van der Waals surface area contributed by atoms with Gasteiger partial charge in [-0.05, 0) is 79.4 Å². The van der Waals surface area contributed by atoms with Crippen molar-refractivity contribution in [2.45, 2.75) is 52.1 Å². The number of aromatic nitrogens is 1. The van der Waals surface area contributed by atoms with E-state index in [1.54, 1.807) is 6.07 Å². The molecule has 2 aliphatic rings. The van der Waals surface area contributed by atoms with Gasteiger partial charge in [0.25, 0.3) is 5.91 Å². The lowest BCUT2D eigenvalue weighted by Crippen LogP contribution is -2.44. The quantitative estimate of drug-likeness (QED) is 0.218. The Balaban J connectivity index is 1.43. The van der Waals surface area contributed by atoms with Gasteiger partial charge in [0.2, 0.25) is 0 Å². The summed E-state index contributed by atoms with van der Waals surface area (Å²) in [5, 5.41) is 3.15. The van der Waals surface area contributed by atoms with Gasteiger partial charge < -0.3 is 4.57 Å². The number of amidine groups is 1. The zero-order chi connectivity index (χ0) is 27.8. The predicted molar refractivity (Wildman–Crippen MR) is 170 cm³/mol. The van der Waals surface area contributed by atoms with Crippen molar-refractivity contribution >= 4 is 68.7 Å². The molecule has 1 saturated carbocycles. The smallest absolute Gasteiger partial charge is 0.267 e. The Morgan fingerprint density at radius 2 is 1.75 bits per heavy atom. The fraction of sp³-hybridized carbons (Fsp3) is 0.273. The fourth-order valence-electron chi connectivity index (χ4n) is 5.95. The van der Waals surface area contributed by atoms with Gasteiger partial charge in [-0.25, -0.2) is 4.99 Å². The van der Waals surface area contributed by atoms with Crippen LogP contribution in [0.25, 0.3) is 17.0 Å². The van der Waals surface area contributed by atoms with Crippen molar-refractivity contribution in [2.24, 2.45) is 10.9 Å². The molecule has 40 heavy (non-hydrogen) atoms. The summed E-state index contributed by atoms with van der Waals surface area (Å²) in [5.41, 5.74) is 5.09. The van der Waals surface area contributed by atoms with Gasteiger partial charge in [-0.1, -0.05) is 85.4 Å². The summed E-state index contributed by atoms with van der Waals surface area (Å²) >= 11 is 14.2. The van der Waals surface area contributed by atoms with Gasteiger partial charge in [-0.15, -0.1) is 0 Å². The Bertz CT molecular complexity index is 1640. The van der Waals surface area contributed by atoms with Crippen LogP contribution in [0.4, 0.5) is 5.69 Å². The number of aliphatic imine (C=N–C) groups is 1. The average molecular weight is 589 g/mol. The van der Waals surface area contributed by atoms with Crippen LogP contribution in [0.1, 0.15) is 49.4 Å². The number of thioether (sulfide) groups is 1. The van der Waals surface area contributed by atoms with Gasteiger partial charge in [0.05, 0.1) is 10.6 Å². The first-order chi connectivity index (χ1) is 19.4. The summed E-state index contributed by atoms with van der Waals surface area (Å²) in [5.74, 6) is 0.488. The Morgan fingerprint density at radius 3 is 2.52 bits per heavy atom. The highest BCUT2D eigenvalue weighted by molar-refractivity contribution is 8.18. The monoisotopic (exact) mass is 587 g/mol. The van der Waals surface area contributed by atoms with Crippen molar-refractivity contribution in [3.63, 3.8) is 0 Å². The number of hydrogen-bond donors (Lipinski definition) is 0. The van der Waals surface area contributed by atoms with E-state index in [4.69, 9.17) is 28.2 Å². The van der Waals surface area contributed by atoms with Crippen LogP contribution in [0.2, 0.25) is 10.0 Å². The van der Waals surface area contributed by atoms with E-state index in [0.717, 1.165) is 57.8 Å². The summed E-state index contributed by atoms with van der Waals surface area (Å²) < 4.78 is 2.26. The molecule has 1 aliphatic carbocycles. The van der Waals surface area contributed by atoms with Gasteiger partial charge in [-0.3, -0.25) is 9.69 Å². The molecule has 7 heteroatoms. The van der Waals surface area contributed by atoms with Gasteiger partial charge in [0, 0.05) is 44.8 Å². The molecule has 6 rings (SSSR count). The van der Waals surface area contributed by atoms with E-state index in [2.05, 4.69) is 36.6 Å². The fourth-order valence-corrected chi connectivity index (χ4v) is 7.44. The second-order valence-corrected chi connectivity index (χ2v) is 12.5. The minimum atomic E-state index is 0.0513. The van der Waals surface area contributed by atoms with E-state index in [-0.39, 0.29) is 11.9 Å². The second-order valence-electron chi connectivity index (χ2n) is 10.7. The normalized spacial score (nSPS) is 21.7. The van der Waals surface area contributed by atoms with Gasteiger partial charge in [0.15, 0.2) is 5.17 Å². The molecule has 1 aromatic heterocycles. The third-order valence-electron chi connectivity index (χ3n) is 8.11. The van der Waals surface area contributed by atoms with Crippen LogP contribution in [-0.2, 0) is 11.3 Å². The number of benzene rings is 3. The molecule has 1 amide bonds. The molecule has 2 atom stereocenters. The third-order valence-corrected chi connectivity index (χ3v) is 9.68. The molecule has 0 radical (unpaired) electrons. The van der Waals surface area contributed by atoms with Crippen LogP contribution < -0.4 is 0 Å². The summed E-state index contributed by atoms with van der Waals surface area (Å²) in [4.78, 5) is 21.8. The molecular weight excluding hydrogens is 557 g/mol. The Morgan fingerprint density at radius 1 is 1.00 bits per heavy atom. The van der Waals surface area contributed by atoms with Crippen molar-refractivity contribution in [2.75, 3.05) is 0 Å². The predicted octanol–water partition coefficient (Wildman–Crippen LogP) is 9.49. The zero-order valence-electron chi connectivity index (χ0n) is 22.6. The maximum absolute atomic E-state index is 14.1. The average Bonchev–Trinajstić information content (AvgIpc) is 3.39. The topological polar surface area (TPSA) is 37.6 Å². The SMILES string of the molecule is Cc1c(/C=C2\SC(=Nc3ccccc3)N([C@H]3CCCC[C@H]3C)C2=O)c2ccccc2n1Cc1ccc(Cl)cc1Cl. The van der Waals surface area contributed by atoms with Crippen LogP contribution in [0.3, 0.4) is 0 Å². The highest BCUT2D eigenvalue weighted by atomic mass is 35.5.